The topological polar surface area (TPSA) is 27.7 Å². The van der Waals surface area contributed by atoms with Gasteiger partial charge in [-0.25, -0.2) is 0 Å². The summed E-state index contributed by atoms with van der Waals surface area (Å²) in [4.78, 5) is 4.32. The van der Waals surface area contributed by atoms with Crippen LogP contribution in [-0.4, -0.2) is 41.7 Å². The van der Waals surface area contributed by atoms with Crippen molar-refractivity contribution in [3.05, 3.63) is 88.7 Å². The first-order valence-corrected chi connectivity index (χ1v) is 11.6. The van der Waals surface area contributed by atoms with Gasteiger partial charge in [0, 0.05) is 41.2 Å². The van der Waals surface area contributed by atoms with Crippen LogP contribution in [-0.2, 0) is 4.74 Å². The van der Waals surface area contributed by atoms with Crippen molar-refractivity contribution in [1.82, 2.24) is 9.80 Å². The number of nitrogens with one attached hydrogen (secondary N) is 1. The van der Waals surface area contributed by atoms with Crippen molar-refractivity contribution in [1.29, 1.82) is 0 Å². The SMILES string of the molecule is Br.CC=CCCOC(c1ccc(Cl)cc1)C(Cl)N1C=CN(CCNc2ccc(Cl)cc2)C1. The monoisotopic (exact) mass is 559 g/mol. The van der Waals surface area contributed by atoms with Gasteiger partial charge in [0.1, 0.15) is 11.6 Å². The Labute approximate surface area is 216 Å². The molecule has 3 rings (SSSR count). The Morgan fingerprint density at radius 2 is 1.69 bits per heavy atom. The van der Waals surface area contributed by atoms with Gasteiger partial charge in [0.15, 0.2) is 0 Å². The molecule has 1 N–H and O–H groups in total. The highest BCUT2D eigenvalue weighted by Gasteiger charge is 2.29. The molecule has 2 aromatic carbocycles. The summed E-state index contributed by atoms with van der Waals surface area (Å²) in [6.07, 6.45) is 8.80. The summed E-state index contributed by atoms with van der Waals surface area (Å²) >= 11 is 18.9. The van der Waals surface area contributed by atoms with Gasteiger partial charge in [-0.1, -0.05) is 59.1 Å². The Kier molecular flexibility index (Phi) is 11.8. The summed E-state index contributed by atoms with van der Waals surface area (Å²) in [5, 5.41) is 4.84. The molecule has 4 nitrogen and oxygen atoms in total. The molecule has 2 aromatic rings. The molecule has 0 amide bonds. The molecule has 8 heteroatoms. The van der Waals surface area contributed by atoms with E-state index in [0.717, 1.165) is 35.8 Å². The van der Waals surface area contributed by atoms with Gasteiger partial charge in [-0.3, -0.25) is 0 Å². The molecule has 2 unspecified atom stereocenters. The first-order valence-electron chi connectivity index (χ1n) is 10.4. The lowest BCUT2D eigenvalue weighted by atomic mass is 10.1. The molecule has 32 heavy (non-hydrogen) atoms. The van der Waals surface area contributed by atoms with Crippen LogP contribution in [0.5, 0.6) is 0 Å². The van der Waals surface area contributed by atoms with E-state index in [-0.39, 0.29) is 28.6 Å². The van der Waals surface area contributed by atoms with Crippen LogP contribution in [0, 0.1) is 0 Å². The van der Waals surface area contributed by atoms with Crippen LogP contribution in [0.2, 0.25) is 10.0 Å². The van der Waals surface area contributed by atoms with Crippen molar-refractivity contribution >= 4 is 57.5 Å². The van der Waals surface area contributed by atoms with E-state index in [1.54, 1.807) is 0 Å². The van der Waals surface area contributed by atoms with Crippen molar-refractivity contribution in [3.63, 3.8) is 0 Å². The second kappa shape index (κ2) is 14.0. The molecular weight excluding hydrogens is 533 g/mol. The number of ether oxygens (including phenoxy) is 1. The number of alkyl halides is 1. The van der Waals surface area contributed by atoms with Crippen LogP contribution in [0.4, 0.5) is 5.69 Å². The number of allylic oxidation sites excluding steroid dienone is 1. The van der Waals surface area contributed by atoms with E-state index < -0.39 is 0 Å². The summed E-state index contributed by atoms with van der Waals surface area (Å²) < 4.78 is 6.18. The molecule has 0 saturated carbocycles. The van der Waals surface area contributed by atoms with Crippen LogP contribution >= 0.6 is 51.8 Å². The number of hydrogen-bond acceptors (Lipinski definition) is 4. The third-order valence-corrected chi connectivity index (χ3v) is 5.95. The van der Waals surface area contributed by atoms with Crippen LogP contribution in [0.25, 0.3) is 0 Å². The molecule has 0 spiro atoms. The zero-order chi connectivity index (χ0) is 22.1. The van der Waals surface area contributed by atoms with E-state index in [1.807, 2.05) is 67.7 Å². The van der Waals surface area contributed by atoms with Crippen molar-refractivity contribution in [2.24, 2.45) is 0 Å². The molecule has 1 heterocycles. The standard InChI is InChI=1S/C24H28Cl3N3O.BrH/c1-2-3-4-17-31-23(19-5-7-20(25)8-6-19)24(27)30-16-15-29(18-30)14-13-28-22-11-9-21(26)10-12-22;/h2-3,5-12,15-16,23-24,28H,4,13-14,17-18H2,1H3;1H. The molecule has 0 aromatic heterocycles. The fourth-order valence-electron chi connectivity index (χ4n) is 3.29. The Morgan fingerprint density at radius 3 is 2.34 bits per heavy atom. The molecule has 1 aliphatic rings. The number of hydrogen-bond donors (Lipinski definition) is 1. The van der Waals surface area contributed by atoms with Crippen LogP contribution < -0.4 is 5.32 Å². The minimum Gasteiger partial charge on any atom is -0.383 e. The van der Waals surface area contributed by atoms with Gasteiger partial charge < -0.3 is 19.9 Å². The summed E-state index contributed by atoms with van der Waals surface area (Å²) in [5.74, 6) is 0. The lowest BCUT2D eigenvalue weighted by molar-refractivity contribution is 0.0203. The van der Waals surface area contributed by atoms with Gasteiger partial charge in [0.2, 0.25) is 0 Å². The fourth-order valence-corrected chi connectivity index (χ4v) is 3.89. The average Bonchev–Trinajstić information content (AvgIpc) is 3.25. The van der Waals surface area contributed by atoms with Crippen molar-refractivity contribution < 1.29 is 4.74 Å². The molecule has 0 fully saturated rings. The van der Waals surface area contributed by atoms with Crippen molar-refractivity contribution in [3.8, 4) is 0 Å². The third kappa shape index (κ3) is 8.20. The minimum atomic E-state index is -0.336. The summed E-state index contributed by atoms with van der Waals surface area (Å²) in [7, 11) is 0. The summed E-state index contributed by atoms with van der Waals surface area (Å²) in [6, 6.07) is 15.4. The highest BCUT2D eigenvalue weighted by molar-refractivity contribution is 8.93. The summed E-state index contributed by atoms with van der Waals surface area (Å²) in [5.41, 5.74) is 1.73. The predicted molar refractivity (Wildman–Crippen MR) is 142 cm³/mol. The molecule has 0 radical (unpaired) electrons. The molecule has 0 saturated heterocycles. The molecule has 1 aliphatic heterocycles. The number of anilines is 1. The minimum absolute atomic E-state index is 0. The number of benzene rings is 2. The summed E-state index contributed by atoms with van der Waals surface area (Å²) in [6.45, 7) is 4.98. The van der Waals surface area contributed by atoms with Crippen LogP contribution in [0.1, 0.15) is 25.0 Å². The van der Waals surface area contributed by atoms with Crippen molar-refractivity contribution in [2.75, 3.05) is 31.7 Å². The second-order valence-electron chi connectivity index (χ2n) is 7.27. The van der Waals surface area contributed by atoms with Crippen LogP contribution in [0.15, 0.2) is 73.1 Å². The van der Waals surface area contributed by atoms with Gasteiger partial charge in [-0.05, 0) is 55.3 Å². The Morgan fingerprint density at radius 1 is 1.03 bits per heavy atom. The average molecular weight is 562 g/mol. The fraction of sp³-hybridized carbons (Fsp3) is 0.333. The molecule has 0 aliphatic carbocycles. The van der Waals surface area contributed by atoms with Gasteiger partial charge >= 0.3 is 0 Å². The van der Waals surface area contributed by atoms with E-state index in [0.29, 0.717) is 18.3 Å². The highest BCUT2D eigenvalue weighted by Crippen LogP contribution is 2.31. The van der Waals surface area contributed by atoms with Gasteiger partial charge in [-0.2, -0.15) is 0 Å². The second-order valence-corrected chi connectivity index (χ2v) is 8.59. The van der Waals surface area contributed by atoms with E-state index >= 15 is 0 Å². The Hall–Kier alpha value is -1.37. The van der Waals surface area contributed by atoms with E-state index in [1.165, 1.54) is 0 Å². The number of halogens is 4. The molecular formula is C24H29BrCl3N3O. The maximum Gasteiger partial charge on any atom is 0.135 e. The smallest absolute Gasteiger partial charge is 0.135 e. The zero-order valence-electron chi connectivity index (χ0n) is 18.0. The Bertz CT molecular complexity index is 862. The van der Waals surface area contributed by atoms with E-state index in [4.69, 9.17) is 39.5 Å². The van der Waals surface area contributed by atoms with Gasteiger partial charge in [-0.15, -0.1) is 17.0 Å². The molecule has 174 valence electrons. The van der Waals surface area contributed by atoms with E-state index in [9.17, 15) is 0 Å². The Balaban J connectivity index is 0.00000363. The zero-order valence-corrected chi connectivity index (χ0v) is 21.9. The normalized spacial score (nSPS) is 15.1. The third-order valence-electron chi connectivity index (χ3n) is 4.97. The van der Waals surface area contributed by atoms with Crippen molar-refractivity contribution in [2.45, 2.75) is 24.9 Å². The quantitative estimate of drug-likeness (QED) is 0.135. The first kappa shape index (κ1) is 26.9. The highest BCUT2D eigenvalue weighted by atomic mass is 79.9. The molecule has 0 bridgehead atoms. The van der Waals surface area contributed by atoms with Crippen LogP contribution in [0.3, 0.4) is 0 Å². The predicted octanol–water partition coefficient (Wildman–Crippen LogP) is 7.32. The maximum absolute atomic E-state index is 6.89. The lowest BCUT2D eigenvalue weighted by Gasteiger charge is -2.31. The maximum atomic E-state index is 6.89. The lowest BCUT2D eigenvalue weighted by Crippen LogP contribution is -2.36. The first-order chi connectivity index (χ1) is 15.1. The molecule has 2 atom stereocenters. The van der Waals surface area contributed by atoms with Gasteiger partial charge in [0.25, 0.3) is 0 Å². The largest absolute Gasteiger partial charge is 0.383 e. The number of rotatable bonds is 11. The number of nitrogens with zero attached hydrogens (tertiary/aromatic N) is 2. The van der Waals surface area contributed by atoms with E-state index in [2.05, 4.69) is 27.4 Å². The van der Waals surface area contributed by atoms with Gasteiger partial charge in [0.05, 0.1) is 13.3 Å².